The van der Waals surface area contributed by atoms with Crippen molar-refractivity contribution in [3.63, 3.8) is 0 Å². The Balaban J connectivity index is 1.69. The predicted octanol–water partition coefficient (Wildman–Crippen LogP) is 2.79. The Kier molecular flexibility index (Phi) is 5.03. The molecule has 142 valence electrons. The number of aryl methyl sites for hydroxylation is 1. The van der Waals surface area contributed by atoms with Gasteiger partial charge in [0.05, 0.1) is 5.69 Å². The van der Waals surface area contributed by atoms with Crippen molar-refractivity contribution in [1.82, 2.24) is 4.98 Å². The first-order chi connectivity index (χ1) is 12.8. The summed E-state index contributed by atoms with van der Waals surface area (Å²) < 4.78 is 16.4. The molecule has 0 saturated heterocycles. The van der Waals surface area contributed by atoms with E-state index in [2.05, 4.69) is 4.98 Å². The lowest BCUT2D eigenvalue weighted by Gasteiger charge is -2.25. The van der Waals surface area contributed by atoms with Crippen molar-refractivity contribution in [3.05, 3.63) is 46.8 Å². The molecule has 0 saturated carbocycles. The summed E-state index contributed by atoms with van der Waals surface area (Å²) in [7, 11) is 0. The number of Topliss-reactive ketones (excluding diaryl/α,β-unsaturated/α-hetero) is 2. The number of ether oxygens (including phenoxy) is 3. The monoisotopic (exact) mass is 371 g/mol. The average molecular weight is 371 g/mol. The van der Waals surface area contributed by atoms with E-state index in [4.69, 9.17) is 14.2 Å². The molecule has 27 heavy (non-hydrogen) atoms. The van der Waals surface area contributed by atoms with Crippen LogP contribution in [0.2, 0.25) is 0 Å². The summed E-state index contributed by atoms with van der Waals surface area (Å²) in [6.07, 6.45) is -1.98. The number of esters is 1. The van der Waals surface area contributed by atoms with Gasteiger partial charge in [-0.1, -0.05) is 12.1 Å². The number of para-hydroxylation sites is 2. The second-order valence-corrected chi connectivity index (χ2v) is 6.49. The Morgan fingerprint density at radius 3 is 2.48 bits per heavy atom. The van der Waals surface area contributed by atoms with E-state index in [1.807, 2.05) is 0 Å². The molecule has 0 radical (unpaired) electrons. The smallest absolute Gasteiger partial charge is 0.351 e. The lowest BCUT2D eigenvalue weighted by Crippen LogP contribution is -2.40. The van der Waals surface area contributed by atoms with Crippen LogP contribution in [0, 0.1) is 13.8 Å². The molecule has 1 N–H and O–H groups in total. The minimum atomic E-state index is -1.03. The molecule has 7 heteroatoms. The van der Waals surface area contributed by atoms with Crippen LogP contribution in [0.4, 0.5) is 0 Å². The van der Waals surface area contributed by atoms with E-state index in [9.17, 15) is 14.4 Å². The molecule has 2 heterocycles. The van der Waals surface area contributed by atoms with Crippen molar-refractivity contribution in [1.29, 1.82) is 0 Å². The van der Waals surface area contributed by atoms with Crippen LogP contribution in [0.5, 0.6) is 11.5 Å². The highest BCUT2D eigenvalue weighted by Gasteiger charge is 2.32. The number of hydrogen-bond donors (Lipinski definition) is 1. The number of fused-ring (bicyclic) bond motifs is 1. The van der Waals surface area contributed by atoms with Gasteiger partial charge in [-0.2, -0.15) is 0 Å². The second kappa shape index (κ2) is 7.26. The fourth-order valence-electron chi connectivity index (χ4n) is 3.17. The van der Waals surface area contributed by atoms with Crippen molar-refractivity contribution in [2.75, 3.05) is 6.61 Å². The average Bonchev–Trinajstić information content (AvgIpc) is 2.94. The minimum absolute atomic E-state index is 0.00583. The van der Waals surface area contributed by atoms with Gasteiger partial charge >= 0.3 is 5.97 Å². The van der Waals surface area contributed by atoms with E-state index in [1.54, 1.807) is 38.1 Å². The van der Waals surface area contributed by atoms with Gasteiger partial charge in [0, 0.05) is 11.3 Å². The molecule has 2 aromatic rings. The third kappa shape index (κ3) is 3.58. The van der Waals surface area contributed by atoms with Crippen LogP contribution >= 0.6 is 0 Å². The zero-order chi connectivity index (χ0) is 19.7. The molecule has 3 rings (SSSR count). The van der Waals surface area contributed by atoms with Crippen LogP contribution < -0.4 is 9.47 Å². The van der Waals surface area contributed by atoms with E-state index in [-0.39, 0.29) is 18.1 Å². The number of aromatic amines is 1. The summed E-state index contributed by atoms with van der Waals surface area (Å²) in [6.45, 7) is 6.35. The zero-order valence-corrected chi connectivity index (χ0v) is 15.6. The normalized spacial score (nSPS) is 16.5. The first kappa shape index (κ1) is 18.7. The lowest BCUT2D eigenvalue weighted by atomic mass is 10.0. The maximum Gasteiger partial charge on any atom is 0.351 e. The van der Waals surface area contributed by atoms with Crippen LogP contribution in [0.15, 0.2) is 24.3 Å². The lowest BCUT2D eigenvalue weighted by molar-refractivity contribution is -0.157. The summed E-state index contributed by atoms with van der Waals surface area (Å²) in [5.41, 5.74) is 1.92. The van der Waals surface area contributed by atoms with E-state index in [1.165, 1.54) is 13.8 Å². The molecule has 1 aromatic carbocycles. The second-order valence-electron chi connectivity index (χ2n) is 6.49. The topological polar surface area (TPSA) is 94.7 Å². The van der Waals surface area contributed by atoms with Crippen molar-refractivity contribution < 1.29 is 28.6 Å². The molecule has 0 unspecified atom stereocenters. The van der Waals surface area contributed by atoms with E-state index in [0.717, 1.165) is 0 Å². The SMILES string of the molecule is CC(=O)c1c(C)[nH]c(C(=O)[C@@H](C)OC(=O)[C@H]2COc3ccccc3O2)c1C. The third-order valence-corrected chi connectivity index (χ3v) is 4.47. The van der Waals surface area contributed by atoms with Gasteiger partial charge in [0.1, 0.15) is 6.61 Å². The maximum absolute atomic E-state index is 12.7. The largest absolute Gasteiger partial charge is 0.485 e. The molecule has 2 atom stereocenters. The van der Waals surface area contributed by atoms with Crippen LogP contribution in [0.1, 0.15) is 46.0 Å². The van der Waals surface area contributed by atoms with Gasteiger partial charge in [-0.3, -0.25) is 9.59 Å². The summed E-state index contributed by atoms with van der Waals surface area (Å²) in [4.78, 5) is 39.7. The molecule has 0 aliphatic carbocycles. The number of carbonyl (C=O) groups excluding carboxylic acids is 3. The van der Waals surface area contributed by atoms with Crippen LogP contribution in [0.25, 0.3) is 0 Å². The van der Waals surface area contributed by atoms with Gasteiger partial charge < -0.3 is 19.2 Å². The quantitative estimate of drug-likeness (QED) is 0.641. The first-order valence-corrected chi connectivity index (χ1v) is 8.63. The van der Waals surface area contributed by atoms with Gasteiger partial charge in [-0.25, -0.2) is 4.79 Å². The van der Waals surface area contributed by atoms with Crippen LogP contribution in [0.3, 0.4) is 0 Å². The maximum atomic E-state index is 12.7. The molecular formula is C20H21NO6. The molecule has 0 spiro atoms. The molecule has 1 aliphatic heterocycles. The highest BCUT2D eigenvalue weighted by molar-refractivity contribution is 6.05. The Bertz CT molecular complexity index is 913. The van der Waals surface area contributed by atoms with Crippen LogP contribution in [-0.4, -0.2) is 41.3 Å². The number of ketones is 2. The van der Waals surface area contributed by atoms with E-state index < -0.39 is 24.0 Å². The highest BCUT2D eigenvalue weighted by Crippen LogP contribution is 2.31. The minimum Gasteiger partial charge on any atom is -0.485 e. The van der Waals surface area contributed by atoms with Crippen molar-refractivity contribution in [2.24, 2.45) is 0 Å². The van der Waals surface area contributed by atoms with Gasteiger partial charge in [0.25, 0.3) is 0 Å². The molecular weight excluding hydrogens is 350 g/mol. The molecule has 0 bridgehead atoms. The first-order valence-electron chi connectivity index (χ1n) is 8.63. The van der Waals surface area contributed by atoms with E-state index in [0.29, 0.717) is 28.3 Å². The summed E-state index contributed by atoms with van der Waals surface area (Å²) in [5, 5.41) is 0. The summed E-state index contributed by atoms with van der Waals surface area (Å²) in [6, 6.07) is 7.01. The predicted molar refractivity (Wildman–Crippen MR) is 96.5 cm³/mol. The van der Waals surface area contributed by atoms with Gasteiger partial charge in [0.15, 0.2) is 23.4 Å². The number of benzene rings is 1. The number of aromatic nitrogens is 1. The zero-order valence-electron chi connectivity index (χ0n) is 15.6. The Hall–Kier alpha value is -3.09. The summed E-state index contributed by atoms with van der Waals surface area (Å²) >= 11 is 0. The standard InChI is InChI=1S/C20H21NO6/c1-10-17(12(3)22)11(2)21-18(10)19(23)13(4)26-20(24)16-9-25-14-7-5-6-8-15(14)27-16/h5-8,13,16,21H,9H2,1-4H3/t13-,16-/m1/s1. The van der Waals surface area contributed by atoms with Gasteiger partial charge in [0.2, 0.25) is 11.9 Å². The number of rotatable bonds is 5. The molecule has 7 nitrogen and oxygen atoms in total. The Labute approximate surface area is 156 Å². The van der Waals surface area contributed by atoms with Crippen molar-refractivity contribution in [3.8, 4) is 11.5 Å². The number of H-pyrrole nitrogens is 1. The van der Waals surface area contributed by atoms with Crippen molar-refractivity contribution >= 4 is 17.5 Å². The molecule has 0 amide bonds. The number of carbonyl (C=O) groups is 3. The fraction of sp³-hybridized carbons (Fsp3) is 0.350. The fourth-order valence-corrected chi connectivity index (χ4v) is 3.17. The Morgan fingerprint density at radius 2 is 1.85 bits per heavy atom. The number of nitrogens with one attached hydrogen (secondary N) is 1. The Morgan fingerprint density at radius 1 is 1.19 bits per heavy atom. The molecule has 1 aliphatic rings. The third-order valence-electron chi connectivity index (χ3n) is 4.47. The molecule has 1 aromatic heterocycles. The highest BCUT2D eigenvalue weighted by atomic mass is 16.6. The van der Waals surface area contributed by atoms with Gasteiger partial charge in [-0.05, 0) is 45.4 Å². The number of hydrogen-bond acceptors (Lipinski definition) is 6. The summed E-state index contributed by atoms with van der Waals surface area (Å²) in [5.74, 6) is -0.213. The van der Waals surface area contributed by atoms with Crippen LogP contribution in [-0.2, 0) is 9.53 Å². The van der Waals surface area contributed by atoms with Gasteiger partial charge in [-0.15, -0.1) is 0 Å². The van der Waals surface area contributed by atoms with E-state index >= 15 is 0 Å². The van der Waals surface area contributed by atoms with Crippen molar-refractivity contribution in [2.45, 2.75) is 39.9 Å². The molecule has 0 fully saturated rings.